The molecule has 2 aromatic rings. The van der Waals surface area contributed by atoms with Crippen molar-refractivity contribution in [1.29, 1.82) is 0 Å². The first-order chi connectivity index (χ1) is 10.0. The summed E-state index contributed by atoms with van der Waals surface area (Å²) in [6, 6.07) is 11.1. The van der Waals surface area contributed by atoms with Gasteiger partial charge in [-0.2, -0.15) is 5.10 Å². The Kier molecular flexibility index (Phi) is 5.39. The molecule has 1 aromatic carbocycles. The van der Waals surface area contributed by atoms with Gasteiger partial charge < -0.3 is 10.1 Å². The van der Waals surface area contributed by atoms with Crippen molar-refractivity contribution in [3.8, 4) is 5.75 Å². The molecule has 0 aliphatic heterocycles. The van der Waals surface area contributed by atoms with Crippen molar-refractivity contribution in [2.75, 3.05) is 0 Å². The van der Waals surface area contributed by atoms with Crippen LogP contribution in [0.1, 0.15) is 45.0 Å². The molecule has 0 spiro atoms. The maximum atomic E-state index is 5.83. The molecular formula is C17H25N3O. The van der Waals surface area contributed by atoms with Crippen LogP contribution in [-0.4, -0.2) is 15.8 Å². The fourth-order valence-corrected chi connectivity index (χ4v) is 1.97. The van der Waals surface area contributed by atoms with Crippen LogP contribution in [0, 0.1) is 0 Å². The maximum absolute atomic E-state index is 5.83. The second-order valence-electron chi connectivity index (χ2n) is 5.85. The number of nitrogens with one attached hydrogen (secondary N) is 1. The van der Waals surface area contributed by atoms with Gasteiger partial charge in [0.2, 0.25) is 0 Å². The van der Waals surface area contributed by atoms with Gasteiger partial charge >= 0.3 is 0 Å². The van der Waals surface area contributed by atoms with Crippen molar-refractivity contribution in [2.24, 2.45) is 0 Å². The molecular weight excluding hydrogens is 262 g/mol. The van der Waals surface area contributed by atoms with Gasteiger partial charge in [-0.25, -0.2) is 0 Å². The Morgan fingerprint density at radius 1 is 1.19 bits per heavy atom. The van der Waals surface area contributed by atoms with Crippen LogP contribution < -0.4 is 10.1 Å². The Morgan fingerprint density at radius 3 is 2.67 bits per heavy atom. The maximum Gasteiger partial charge on any atom is 0.132 e. The third kappa shape index (κ3) is 4.90. The van der Waals surface area contributed by atoms with E-state index in [1.165, 1.54) is 5.56 Å². The van der Waals surface area contributed by atoms with Crippen LogP contribution in [0.5, 0.6) is 5.75 Å². The molecule has 0 radical (unpaired) electrons. The van der Waals surface area contributed by atoms with Gasteiger partial charge in [0.05, 0.1) is 5.69 Å². The van der Waals surface area contributed by atoms with Gasteiger partial charge in [0, 0.05) is 24.8 Å². The van der Waals surface area contributed by atoms with E-state index in [0.717, 1.165) is 18.0 Å². The average Bonchev–Trinajstić information content (AvgIpc) is 2.92. The first-order valence-electron chi connectivity index (χ1n) is 7.53. The fourth-order valence-electron chi connectivity index (χ4n) is 1.97. The number of hydrogen-bond acceptors (Lipinski definition) is 3. The molecule has 1 N–H and O–H groups in total. The van der Waals surface area contributed by atoms with Gasteiger partial charge in [0.15, 0.2) is 0 Å². The first kappa shape index (κ1) is 15.6. The number of hydrogen-bond donors (Lipinski definition) is 1. The Morgan fingerprint density at radius 2 is 2.00 bits per heavy atom. The largest absolute Gasteiger partial charge is 0.487 e. The summed E-state index contributed by atoms with van der Waals surface area (Å²) in [6.07, 6.45) is 1.99. The normalized spacial score (nSPS) is 11.3. The zero-order valence-electron chi connectivity index (χ0n) is 13.3. The summed E-state index contributed by atoms with van der Waals surface area (Å²) < 4.78 is 7.78. The molecule has 0 fully saturated rings. The van der Waals surface area contributed by atoms with Gasteiger partial charge in [-0.1, -0.05) is 26.0 Å². The molecule has 0 aliphatic rings. The smallest absolute Gasteiger partial charge is 0.132 e. The standard InChI is InChI=1S/C17H25N3O/c1-13(2)18-11-15-6-5-7-17(10-15)21-12-16-8-9-20(19-16)14(3)4/h5-10,13-14,18H,11-12H2,1-4H3. The quantitative estimate of drug-likeness (QED) is 0.846. The van der Waals surface area contributed by atoms with E-state index in [1.54, 1.807) is 0 Å². The molecule has 21 heavy (non-hydrogen) atoms. The van der Waals surface area contributed by atoms with Crippen molar-refractivity contribution in [1.82, 2.24) is 15.1 Å². The topological polar surface area (TPSA) is 39.1 Å². The lowest BCUT2D eigenvalue weighted by Crippen LogP contribution is -2.21. The van der Waals surface area contributed by atoms with Crippen molar-refractivity contribution in [3.63, 3.8) is 0 Å². The van der Waals surface area contributed by atoms with E-state index in [4.69, 9.17) is 4.74 Å². The minimum absolute atomic E-state index is 0.379. The van der Waals surface area contributed by atoms with E-state index in [9.17, 15) is 0 Å². The monoisotopic (exact) mass is 287 g/mol. The predicted octanol–water partition coefficient (Wildman–Crippen LogP) is 3.54. The van der Waals surface area contributed by atoms with Gasteiger partial charge in [0.25, 0.3) is 0 Å². The van der Waals surface area contributed by atoms with Crippen LogP contribution in [0.3, 0.4) is 0 Å². The highest BCUT2D eigenvalue weighted by Crippen LogP contribution is 2.15. The lowest BCUT2D eigenvalue weighted by atomic mass is 10.2. The van der Waals surface area contributed by atoms with Crippen LogP contribution >= 0.6 is 0 Å². The Labute approximate surface area is 127 Å². The van der Waals surface area contributed by atoms with Crippen molar-refractivity contribution >= 4 is 0 Å². The van der Waals surface area contributed by atoms with Crippen molar-refractivity contribution in [2.45, 2.75) is 52.9 Å². The number of rotatable bonds is 7. The van der Waals surface area contributed by atoms with Crippen LogP contribution in [-0.2, 0) is 13.2 Å². The lowest BCUT2D eigenvalue weighted by Gasteiger charge is -2.10. The van der Waals surface area contributed by atoms with Crippen LogP contribution in [0.25, 0.3) is 0 Å². The molecule has 0 amide bonds. The highest BCUT2D eigenvalue weighted by Gasteiger charge is 2.04. The second-order valence-corrected chi connectivity index (χ2v) is 5.85. The summed E-state index contributed by atoms with van der Waals surface area (Å²) in [5.41, 5.74) is 2.18. The molecule has 1 aromatic heterocycles. The van der Waals surface area contributed by atoms with Crippen molar-refractivity contribution < 1.29 is 4.74 Å². The summed E-state index contributed by atoms with van der Waals surface area (Å²) in [6.45, 7) is 9.88. The summed E-state index contributed by atoms with van der Waals surface area (Å²) in [5, 5.41) is 7.89. The Bertz CT molecular complexity index is 561. The van der Waals surface area contributed by atoms with E-state index < -0.39 is 0 Å². The zero-order valence-corrected chi connectivity index (χ0v) is 13.3. The highest BCUT2D eigenvalue weighted by molar-refractivity contribution is 5.28. The molecule has 4 heteroatoms. The number of nitrogens with zero attached hydrogens (tertiary/aromatic N) is 2. The van der Waals surface area contributed by atoms with E-state index in [2.05, 4.69) is 50.2 Å². The molecule has 0 bridgehead atoms. The molecule has 114 valence electrons. The minimum Gasteiger partial charge on any atom is -0.487 e. The number of aromatic nitrogens is 2. The third-order valence-corrected chi connectivity index (χ3v) is 3.19. The summed E-state index contributed by atoms with van der Waals surface area (Å²) in [5.74, 6) is 0.886. The van der Waals surface area contributed by atoms with Crippen LogP contribution in [0.15, 0.2) is 36.5 Å². The van der Waals surface area contributed by atoms with Gasteiger partial charge in [0.1, 0.15) is 12.4 Å². The Hall–Kier alpha value is -1.81. The number of ether oxygens (including phenoxy) is 1. The second kappa shape index (κ2) is 7.27. The summed E-state index contributed by atoms with van der Waals surface area (Å²) in [7, 11) is 0. The average molecular weight is 287 g/mol. The summed E-state index contributed by atoms with van der Waals surface area (Å²) >= 11 is 0. The number of benzene rings is 1. The van der Waals surface area contributed by atoms with E-state index in [1.807, 2.05) is 29.1 Å². The Balaban J connectivity index is 1.91. The molecule has 0 aliphatic carbocycles. The molecule has 0 atom stereocenters. The molecule has 0 saturated heterocycles. The summed E-state index contributed by atoms with van der Waals surface area (Å²) in [4.78, 5) is 0. The molecule has 1 heterocycles. The van der Waals surface area contributed by atoms with Crippen molar-refractivity contribution in [3.05, 3.63) is 47.8 Å². The van der Waals surface area contributed by atoms with Gasteiger partial charge in [-0.05, 0) is 37.6 Å². The van der Waals surface area contributed by atoms with Crippen LogP contribution in [0.4, 0.5) is 0 Å². The first-order valence-corrected chi connectivity index (χ1v) is 7.53. The predicted molar refractivity (Wildman–Crippen MR) is 85.4 cm³/mol. The van der Waals surface area contributed by atoms with Crippen LogP contribution in [0.2, 0.25) is 0 Å². The molecule has 2 rings (SSSR count). The van der Waals surface area contributed by atoms with E-state index in [-0.39, 0.29) is 0 Å². The molecule has 0 unspecified atom stereocenters. The lowest BCUT2D eigenvalue weighted by molar-refractivity contribution is 0.298. The minimum atomic E-state index is 0.379. The zero-order chi connectivity index (χ0) is 15.2. The van der Waals surface area contributed by atoms with E-state index >= 15 is 0 Å². The molecule has 0 saturated carbocycles. The van der Waals surface area contributed by atoms with Gasteiger partial charge in [-0.3, -0.25) is 4.68 Å². The third-order valence-electron chi connectivity index (χ3n) is 3.19. The van der Waals surface area contributed by atoms with E-state index in [0.29, 0.717) is 18.7 Å². The SMILES string of the molecule is CC(C)NCc1cccc(OCc2ccn(C(C)C)n2)c1. The fraction of sp³-hybridized carbons (Fsp3) is 0.471. The van der Waals surface area contributed by atoms with Gasteiger partial charge in [-0.15, -0.1) is 0 Å². The molecule has 4 nitrogen and oxygen atoms in total. The highest BCUT2D eigenvalue weighted by atomic mass is 16.5.